The molecule has 0 radical (unpaired) electrons. The molecule has 98 valence electrons. The van der Waals surface area contributed by atoms with Crippen LogP contribution in [0, 0.1) is 0 Å². The third-order valence-electron chi connectivity index (χ3n) is 2.49. The van der Waals surface area contributed by atoms with Crippen LogP contribution in [0.25, 0.3) is 0 Å². The zero-order chi connectivity index (χ0) is 13.7. The van der Waals surface area contributed by atoms with Gasteiger partial charge in [-0.2, -0.15) is 0 Å². The quantitative estimate of drug-likeness (QED) is 0.670. The summed E-state index contributed by atoms with van der Waals surface area (Å²) < 4.78 is 5.22. The Balaban J connectivity index is 2.10. The van der Waals surface area contributed by atoms with Gasteiger partial charge in [-0.05, 0) is 52.3 Å². The van der Waals surface area contributed by atoms with Crippen molar-refractivity contribution in [3.05, 3.63) is 54.1 Å². The summed E-state index contributed by atoms with van der Waals surface area (Å²) in [6.07, 6.45) is 0. The maximum atomic E-state index is 12.0. The molecule has 0 bridgehead atoms. The highest BCUT2D eigenvalue weighted by molar-refractivity contribution is 9.09. The molecule has 1 amide bonds. The van der Waals surface area contributed by atoms with Crippen LogP contribution in [0.2, 0.25) is 0 Å². The smallest absolute Gasteiger partial charge is 0.255 e. The van der Waals surface area contributed by atoms with Crippen molar-refractivity contribution in [2.75, 3.05) is 10.8 Å². The fourth-order valence-electron chi connectivity index (χ4n) is 1.54. The Bertz CT molecular complexity index is 569. The molecule has 2 aromatic carbocycles. The van der Waals surface area contributed by atoms with Crippen molar-refractivity contribution in [3.63, 3.8) is 0 Å². The van der Waals surface area contributed by atoms with Crippen molar-refractivity contribution in [1.82, 2.24) is 0 Å². The molecule has 0 aliphatic heterocycles. The first-order valence-corrected chi connectivity index (χ1v) is 6.71. The molecule has 2 N–H and O–H groups in total. The minimum atomic E-state index is -0.285. The number of benzene rings is 2. The molecule has 0 atom stereocenters. The summed E-state index contributed by atoms with van der Waals surface area (Å²) in [6.45, 7) is 0. The van der Waals surface area contributed by atoms with Crippen LogP contribution in [-0.4, -0.2) is 16.5 Å². The van der Waals surface area contributed by atoms with Crippen LogP contribution in [0.4, 0.5) is 5.69 Å². The van der Waals surface area contributed by atoms with Gasteiger partial charge in [0.05, 0.1) is 5.69 Å². The van der Waals surface area contributed by atoms with E-state index in [1.54, 1.807) is 42.5 Å². The number of rotatable bonds is 4. The van der Waals surface area contributed by atoms with E-state index in [1.807, 2.05) is 0 Å². The summed E-state index contributed by atoms with van der Waals surface area (Å²) in [5, 5.41) is 12.2. The molecule has 0 unspecified atom stereocenters. The molecule has 4 nitrogen and oxygen atoms in total. The number of amides is 1. The number of anilines is 1. The van der Waals surface area contributed by atoms with E-state index in [-0.39, 0.29) is 11.7 Å². The summed E-state index contributed by atoms with van der Waals surface area (Å²) in [5.41, 5.74) is 1.27. The number of hydrogen-bond acceptors (Lipinski definition) is 3. The van der Waals surface area contributed by atoms with Gasteiger partial charge < -0.3 is 15.2 Å². The lowest BCUT2D eigenvalue weighted by atomic mass is 10.2. The number of alkyl halides is 1. The average molecular weight is 322 g/mol. The minimum absolute atomic E-state index is 0.0371. The third kappa shape index (κ3) is 3.48. The molecule has 0 fully saturated rings. The van der Waals surface area contributed by atoms with Gasteiger partial charge in [-0.3, -0.25) is 4.79 Å². The van der Waals surface area contributed by atoms with Crippen LogP contribution in [0.3, 0.4) is 0 Å². The van der Waals surface area contributed by atoms with Gasteiger partial charge in [-0.1, -0.05) is 12.1 Å². The van der Waals surface area contributed by atoms with Gasteiger partial charge in [0.1, 0.15) is 17.0 Å². The van der Waals surface area contributed by atoms with E-state index >= 15 is 0 Å². The summed E-state index contributed by atoms with van der Waals surface area (Å²) in [4.78, 5) is 12.0. The van der Waals surface area contributed by atoms with E-state index in [1.165, 1.54) is 6.07 Å². The Morgan fingerprint density at radius 3 is 2.47 bits per heavy atom. The molecule has 0 spiro atoms. The zero-order valence-electron chi connectivity index (χ0n) is 9.97. The highest BCUT2D eigenvalue weighted by Gasteiger charge is 2.08. The molecular formula is C14H12BrNO3. The van der Waals surface area contributed by atoms with Gasteiger partial charge in [0, 0.05) is 5.56 Å². The predicted octanol–water partition coefficient (Wildman–Crippen LogP) is 3.38. The van der Waals surface area contributed by atoms with Crippen LogP contribution in [0.15, 0.2) is 48.5 Å². The second-order valence-corrected chi connectivity index (χ2v) is 4.21. The molecule has 2 rings (SSSR count). The van der Waals surface area contributed by atoms with E-state index < -0.39 is 0 Å². The van der Waals surface area contributed by atoms with Crippen molar-refractivity contribution in [3.8, 4) is 11.5 Å². The van der Waals surface area contributed by atoms with Crippen molar-refractivity contribution in [1.29, 1.82) is 0 Å². The molecule has 0 heterocycles. The predicted molar refractivity (Wildman–Crippen MR) is 76.9 cm³/mol. The van der Waals surface area contributed by atoms with Gasteiger partial charge in [0.15, 0.2) is 0 Å². The number of phenols is 1. The Morgan fingerprint density at radius 1 is 1.16 bits per heavy atom. The number of hydrogen-bond donors (Lipinski definition) is 2. The first kappa shape index (κ1) is 13.4. The standard InChI is InChI=1S/C14H12BrNO3/c15-9-19-11-7-5-10(6-8-11)14(18)16-12-3-1-2-4-13(12)17/h1-8,17H,9H2,(H,16,18). The summed E-state index contributed by atoms with van der Waals surface area (Å²) in [5.74, 6) is 0.429. The molecule has 19 heavy (non-hydrogen) atoms. The van der Waals surface area contributed by atoms with Crippen molar-refractivity contribution in [2.24, 2.45) is 0 Å². The average Bonchev–Trinajstić information content (AvgIpc) is 2.42. The van der Waals surface area contributed by atoms with Crippen molar-refractivity contribution in [2.45, 2.75) is 0 Å². The lowest BCUT2D eigenvalue weighted by molar-refractivity contribution is 0.102. The molecule has 0 aromatic heterocycles. The first-order valence-electron chi connectivity index (χ1n) is 5.59. The Hall–Kier alpha value is -2.01. The third-order valence-corrected chi connectivity index (χ3v) is 2.72. The first-order chi connectivity index (χ1) is 9.20. The number of aromatic hydroxyl groups is 1. The van der Waals surface area contributed by atoms with Crippen molar-refractivity contribution < 1.29 is 14.6 Å². The molecular weight excluding hydrogens is 310 g/mol. The van der Waals surface area contributed by atoms with E-state index in [9.17, 15) is 9.90 Å². The number of carbonyl (C=O) groups is 1. The molecule has 0 aliphatic carbocycles. The van der Waals surface area contributed by atoms with E-state index in [0.717, 1.165) is 0 Å². The number of phenolic OH excluding ortho intramolecular Hbond substituents is 1. The monoisotopic (exact) mass is 321 g/mol. The highest BCUT2D eigenvalue weighted by atomic mass is 79.9. The lowest BCUT2D eigenvalue weighted by Crippen LogP contribution is -2.11. The van der Waals surface area contributed by atoms with Crippen LogP contribution in [0.1, 0.15) is 10.4 Å². The van der Waals surface area contributed by atoms with Gasteiger partial charge in [0.25, 0.3) is 5.91 Å². The number of nitrogens with one attached hydrogen (secondary N) is 1. The van der Waals surface area contributed by atoms with Crippen LogP contribution < -0.4 is 10.1 Å². The minimum Gasteiger partial charge on any atom is -0.506 e. The second-order valence-electron chi connectivity index (χ2n) is 3.75. The van der Waals surface area contributed by atoms with E-state index in [2.05, 4.69) is 21.2 Å². The molecule has 2 aromatic rings. The number of ether oxygens (including phenoxy) is 1. The summed E-state index contributed by atoms with van der Waals surface area (Å²) >= 11 is 3.16. The SMILES string of the molecule is O=C(Nc1ccccc1O)c1ccc(OCBr)cc1. The highest BCUT2D eigenvalue weighted by Crippen LogP contribution is 2.22. The van der Waals surface area contributed by atoms with Gasteiger partial charge in [-0.15, -0.1) is 0 Å². The van der Waals surface area contributed by atoms with Gasteiger partial charge in [-0.25, -0.2) is 0 Å². The summed E-state index contributed by atoms with van der Waals surface area (Å²) in [7, 11) is 0. The van der Waals surface area contributed by atoms with Crippen LogP contribution >= 0.6 is 15.9 Å². The Labute approximate surface area is 119 Å². The number of halogens is 1. The van der Waals surface area contributed by atoms with E-state index in [0.29, 0.717) is 22.5 Å². The molecule has 5 heteroatoms. The Kier molecular flexibility index (Phi) is 4.41. The second kappa shape index (κ2) is 6.24. The maximum Gasteiger partial charge on any atom is 0.255 e. The van der Waals surface area contributed by atoms with Crippen LogP contribution in [0.5, 0.6) is 11.5 Å². The number of para-hydroxylation sites is 2. The van der Waals surface area contributed by atoms with Crippen LogP contribution in [-0.2, 0) is 0 Å². The van der Waals surface area contributed by atoms with Crippen molar-refractivity contribution >= 4 is 27.5 Å². The molecule has 0 saturated carbocycles. The fraction of sp³-hybridized carbons (Fsp3) is 0.0714. The molecule has 0 saturated heterocycles. The van der Waals surface area contributed by atoms with E-state index in [4.69, 9.17) is 4.74 Å². The fourth-order valence-corrected chi connectivity index (χ4v) is 1.80. The topological polar surface area (TPSA) is 58.6 Å². The summed E-state index contributed by atoms with van der Waals surface area (Å²) in [6, 6.07) is 13.3. The van der Waals surface area contributed by atoms with Gasteiger partial charge in [0.2, 0.25) is 0 Å². The maximum absolute atomic E-state index is 12.0. The Morgan fingerprint density at radius 2 is 1.84 bits per heavy atom. The van der Waals surface area contributed by atoms with Gasteiger partial charge >= 0.3 is 0 Å². The lowest BCUT2D eigenvalue weighted by Gasteiger charge is -2.07. The normalized spacial score (nSPS) is 9.95. The number of carbonyl (C=O) groups excluding carboxylic acids is 1. The zero-order valence-corrected chi connectivity index (χ0v) is 11.6. The largest absolute Gasteiger partial charge is 0.506 e. The molecule has 0 aliphatic rings.